The Morgan fingerprint density at radius 1 is 1.16 bits per heavy atom. The molecule has 164 valence electrons. The third-order valence-electron chi connectivity index (χ3n) is 5.93. The van der Waals surface area contributed by atoms with Gasteiger partial charge in [0.15, 0.2) is 0 Å². The average Bonchev–Trinajstić information content (AvgIpc) is 3.21. The molecule has 1 saturated carbocycles. The highest BCUT2D eigenvalue weighted by Crippen LogP contribution is 2.36. The van der Waals surface area contributed by atoms with Gasteiger partial charge in [-0.15, -0.1) is 5.10 Å². The molecule has 3 amide bonds. The number of benzene rings is 1. The van der Waals surface area contributed by atoms with E-state index in [-0.39, 0.29) is 30.0 Å². The molecule has 0 atom stereocenters. The normalized spacial score (nSPS) is 18.5. The summed E-state index contributed by atoms with van der Waals surface area (Å²) in [4.78, 5) is 44.0. The molecule has 1 aliphatic heterocycles. The van der Waals surface area contributed by atoms with E-state index in [0.717, 1.165) is 30.8 Å². The maximum Gasteiger partial charge on any atom is 0.252 e. The first kappa shape index (κ1) is 21.5. The van der Waals surface area contributed by atoms with Gasteiger partial charge in [0.25, 0.3) is 5.91 Å². The molecule has 0 unspecified atom stereocenters. The third-order valence-corrected chi connectivity index (χ3v) is 6.75. The highest BCUT2D eigenvalue weighted by atomic mass is 32.2. The molecule has 2 fully saturated rings. The molecular weight excluding hydrogens is 414 g/mol. The van der Waals surface area contributed by atoms with Crippen LogP contribution in [0.5, 0.6) is 0 Å². The molecule has 4 rings (SSSR count). The second kappa shape index (κ2) is 8.82. The first-order valence-corrected chi connectivity index (χ1v) is 11.7. The number of hydrogen-bond donors (Lipinski definition) is 1. The van der Waals surface area contributed by atoms with Crippen molar-refractivity contribution in [1.82, 2.24) is 25.0 Å². The Morgan fingerprint density at radius 3 is 2.55 bits per heavy atom. The van der Waals surface area contributed by atoms with Crippen LogP contribution in [-0.4, -0.2) is 55.2 Å². The molecule has 1 saturated heterocycles. The van der Waals surface area contributed by atoms with Gasteiger partial charge < -0.3 is 4.90 Å². The van der Waals surface area contributed by atoms with Crippen LogP contribution in [0.2, 0.25) is 0 Å². The molecule has 0 bridgehead atoms. The molecule has 31 heavy (non-hydrogen) atoms. The number of piperazine rings is 1. The first-order chi connectivity index (χ1) is 14.9. The summed E-state index contributed by atoms with van der Waals surface area (Å²) in [5.74, 6) is 0.0726. The Labute approximate surface area is 185 Å². The summed E-state index contributed by atoms with van der Waals surface area (Å²) in [5.41, 5.74) is 0.0142. The predicted octanol–water partition coefficient (Wildman–Crippen LogP) is 2.67. The molecule has 1 aromatic carbocycles. The number of rotatable bonds is 5. The largest absolute Gasteiger partial charge is 0.318 e. The van der Waals surface area contributed by atoms with Gasteiger partial charge >= 0.3 is 0 Å². The van der Waals surface area contributed by atoms with Gasteiger partial charge in [-0.2, -0.15) is 0 Å². The van der Waals surface area contributed by atoms with Gasteiger partial charge in [-0.3, -0.25) is 19.7 Å². The molecule has 0 radical (unpaired) electrons. The number of carbonyl (C=O) groups excluding carboxylic acids is 3. The van der Waals surface area contributed by atoms with Gasteiger partial charge in [0, 0.05) is 5.92 Å². The molecule has 2 aromatic rings. The Morgan fingerprint density at radius 2 is 1.87 bits per heavy atom. The van der Waals surface area contributed by atoms with Crippen LogP contribution < -0.4 is 5.32 Å². The van der Waals surface area contributed by atoms with E-state index in [0.29, 0.717) is 18.0 Å². The minimum atomic E-state index is -0.899. The SMILES string of the molecule is CC(C)c1nc(SCC(=O)N2CC(=O)NC(=O)C23CCCCC3)nn1-c1ccccc1. The number of aromatic nitrogens is 3. The summed E-state index contributed by atoms with van der Waals surface area (Å²) < 4.78 is 1.80. The van der Waals surface area contributed by atoms with Gasteiger partial charge in [0.2, 0.25) is 17.0 Å². The number of imide groups is 1. The van der Waals surface area contributed by atoms with E-state index in [4.69, 9.17) is 0 Å². The predicted molar refractivity (Wildman–Crippen MR) is 117 cm³/mol. The number of nitrogens with zero attached hydrogens (tertiary/aromatic N) is 4. The quantitative estimate of drug-likeness (QED) is 0.566. The topological polar surface area (TPSA) is 97.2 Å². The summed E-state index contributed by atoms with van der Waals surface area (Å²) in [6.07, 6.45) is 3.99. The fourth-order valence-electron chi connectivity index (χ4n) is 4.36. The van der Waals surface area contributed by atoms with E-state index in [1.54, 1.807) is 4.68 Å². The number of para-hydroxylation sites is 1. The van der Waals surface area contributed by atoms with Crippen molar-refractivity contribution in [1.29, 1.82) is 0 Å². The van der Waals surface area contributed by atoms with Gasteiger partial charge in [-0.25, -0.2) is 9.67 Å². The van der Waals surface area contributed by atoms with E-state index in [1.165, 1.54) is 16.7 Å². The second-order valence-corrected chi connectivity index (χ2v) is 9.34. The van der Waals surface area contributed by atoms with E-state index in [2.05, 4.69) is 15.4 Å². The summed E-state index contributed by atoms with van der Waals surface area (Å²) in [7, 11) is 0. The van der Waals surface area contributed by atoms with Crippen LogP contribution in [0, 0.1) is 0 Å². The number of thioether (sulfide) groups is 1. The third kappa shape index (κ3) is 4.23. The molecular formula is C22H27N5O3S. The van der Waals surface area contributed by atoms with Crippen LogP contribution in [-0.2, 0) is 14.4 Å². The molecule has 1 aromatic heterocycles. The molecule has 1 aliphatic carbocycles. The van der Waals surface area contributed by atoms with E-state index in [1.807, 2.05) is 44.2 Å². The van der Waals surface area contributed by atoms with Crippen molar-refractivity contribution in [2.24, 2.45) is 0 Å². The minimum Gasteiger partial charge on any atom is -0.318 e. The van der Waals surface area contributed by atoms with Crippen molar-refractivity contribution in [2.45, 2.75) is 62.6 Å². The zero-order valence-corrected chi connectivity index (χ0v) is 18.7. The zero-order valence-electron chi connectivity index (χ0n) is 17.8. The lowest BCUT2D eigenvalue weighted by atomic mass is 9.78. The molecule has 9 heteroatoms. The Hall–Kier alpha value is -2.68. The van der Waals surface area contributed by atoms with Crippen LogP contribution in [0.15, 0.2) is 35.5 Å². The standard InChI is InChI=1S/C22H27N5O3S/c1-15(2)19-24-21(25-27(19)16-9-5-3-6-10-16)31-14-18(29)26-13-17(28)23-20(30)22(26)11-7-4-8-12-22/h3,5-6,9-10,15H,4,7-8,11-14H2,1-2H3,(H,23,28,30). The lowest BCUT2D eigenvalue weighted by molar-refractivity contribution is -0.158. The number of hydrogen-bond acceptors (Lipinski definition) is 6. The molecule has 2 aliphatic rings. The molecule has 8 nitrogen and oxygen atoms in total. The lowest BCUT2D eigenvalue weighted by Gasteiger charge is -2.47. The maximum atomic E-state index is 13.1. The van der Waals surface area contributed by atoms with Crippen LogP contribution >= 0.6 is 11.8 Å². The van der Waals surface area contributed by atoms with E-state index >= 15 is 0 Å². The second-order valence-electron chi connectivity index (χ2n) is 8.39. The van der Waals surface area contributed by atoms with Crippen molar-refractivity contribution >= 4 is 29.5 Å². The highest BCUT2D eigenvalue weighted by molar-refractivity contribution is 7.99. The van der Waals surface area contributed by atoms with Gasteiger partial charge in [0.05, 0.1) is 11.4 Å². The fourth-order valence-corrected chi connectivity index (χ4v) is 5.07. The number of nitrogens with one attached hydrogen (secondary N) is 1. The van der Waals surface area contributed by atoms with Crippen molar-refractivity contribution < 1.29 is 14.4 Å². The number of amides is 3. The van der Waals surface area contributed by atoms with Crippen molar-refractivity contribution in [3.63, 3.8) is 0 Å². The Balaban J connectivity index is 1.53. The average molecular weight is 442 g/mol. The molecule has 1 spiro atoms. The maximum absolute atomic E-state index is 13.1. The Kier molecular flexibility index (Phi) is 6.13. The van der Waals surface area contributed by atoms with Gasteiger partial charge in [0.1, 0.15) is 17.9 Å². The van der Waals surface area contributed by atoms with Crippen molar-refractivity contribution in [2.75, 3.05) is 12.3 Å². The fraction of sp³-hybridized carbons (Fsp3) is 0.500. The monoisotopic (exact) mass is 441 g/mol. The summed E-state index contributed by atoms with van der Waals surface area (Å²) >= 11 is 1.24. The minimum absolute atomic E-state index is 0.0751. The van der Waals surface area contributed by atoms with Crippen LogP contribution in [0.3, 0.4) is 0 Å². The summed E-state index contributed by atoms with van der Waals surface area (Å²) in [6, 6.07) is 9.76. The lowest BCUT2D eigenvalue weighted by Crippen LogP contribution is -2.69. The van der Waals surface area contributed by atoms with E-state index in [9.17, 15) is 14.4 Å². The first-order valence-electron chi connectivity index (χ1n) is 10.7. The number of carbonyl (C=O) groups is 3. The highest BCUT2D eigenvalue weighted by Gasteiger charge is 2.50. The van der Waals surface area contributed by atoms with E-state index < -0.39 is 11.4 Å². The zero-order chi connectivity index (χ0) is 22.0. The smallest absolute Gasteiger partial charge is 0.252 e. The van der Waals surface area contributed by atoms with Crippen molar-refractivity contribution in [3.05, 3.63) is 36.2 Å². The Bertz CT molecular complexity index is 982. The van der Waals surface area contributed by atoms with Crippen LogP contribution in [0.25, 0.3) is 5.69 Å². The van der Waals surface area contributed by atoms with Gasteiger partial charge in [-0.1, -0.05) is 63.1 Å². The molecule has 2 heterocycles. The summed E-state index contributed by atoms with van der Waals surface area (Å²) in [5, 5.41) is 7.54. The summed E-state index contributed by atoms with van der Waals surface area (Å²) in [6.45, 7) is 4.02. The molecule has 1 N–H and O–H groups in total. The van der Waals surface area contributed by atoms with Crippen LogP contribution in [0.4, 0.5) is 0 Å². The van der Waals surface area contributed by atoms with Gasteiger partial charge in [-0.05, 0) is 25.0 Å². The van der Waals surface area contributed by atoms with Crippen LogP contribution in [0.1, 0.15) is 57.7 Å². The van der Waals surface area contributed by atoms with Crippen molar-refractivity contribution in [3.8, 4) is 5.69 Å².